The van der Waals surface area contributed by atoms with Crippen molar-refractivity contribution in [3.05, 3.63) is 21.0 Å². The first-order valence-electron chi connectivity index (χ1n) is 5.00. The Hall–Kier alpha value is -0.180. The first kappa shape index (κ1) is 14.2. The lowest BCUT2D eigenvalue weighted by molar-refractivity contribution is -0.133. The molecule has 98 valence electrons. The fraction of sp³-hybridized carbons (Fsp3) is 0.400. The Morgan fingerprint density at radius 3 is 1.56 bits per heavy atom. The Bertz CT molecular complexity index is 413. The number of carboxylic acid groups (broad SMARTS) is 2. The van der Waals surface area contributed by atoms with Crippen molar-refractivity contribution >= 4 is 57.1 Å². The second kappa shape index (κ2) is 6.31. The summed E-state index contributed by atoms with van der Waals surface area (Å²) in [5, 5.41) is 18.0. The van der Waals surface area contributed by atoms with Crippen molar-refractivity contribution in [1.82, 2.24) is 0 Å². The summed E-state index contributed by atoms with van der Waals surface area (Å²) in [4.78, 5) is 23.7. The molecule has 2 heterocycles. The van der Waals surface area contributed by atoms with Gasteiger partial charge in [0.05, 0.1) is 11.1 Å². The molecule has 0 unspecified atom stereocenters. The average molecular weight is 322 g/mol. The van der Waals surface area contributed by atoms with Crippen molar-refractivity contribution in [2.24, 2.45) is 0 Å². The van der Waals surface area contributed by atoms with Gasteiger partial charge in [0.1, 0.15) is 0 Å². The topological polar surface area (TPSA) is 74.6 Å². The van der Waals surface area contributed by atoms with E-state index in [9.17, 15) is 9.59 Å². The molecule has 0 saturated heterocycles. The Kier molecular flexibility index (Phi) is 4.99. The number of carbonyl (C=O) groups is 2. The van der Waals surface area contributed by atoms with Crippen LogP contribution in [0.5, 0.6) is 0 Å². The molecule has 18 heavy (non-hydrogen) atoms. The van der Waals surface area contributed by atoms with Crippen LogP contribution in [0.1, 0.15) is 0 Å². The van der Waals surface area contributed by atoms with Crippen molar-refractivity contribution in [2.75, 3.05) is 23.0 Å². The van der Waals surface area contributed by atoms with Gasteiger partial charge in [-0.3, -0.25) is 0 Å². The number of carboxylic acids is 2. The molecule has 0 amide bonds. The molecule has 0 aromatic heterocycles. The van der Waals surface area contributed by atoms with Gasteiger partial charge in [-0.2, -0.15) is 23.5 Å². The maximum atomic E-state index is 11.0. The van der Waals surface area contributed by atoms with Crippen LogP contribution in [-0.4, -0.2) is 45.2 Å². The monoisotopic (exact) mass is 322 g/mol. The molecule has 2 rings (SSSR count). The predicted octanol–water partition coefficient (Wildman–Crippen LogP) is 2.54. The molecule has 0 saturated carbocycles. The summed E-state index contributed by atoms with van der Waals surface area (Å²) in [5.41, 5.74) is 0.918. The average Bonchev–Trinajstić information content (AvgIpc) is 2.94. The third-order valence-electron chi connectivity index (χ3n) is 2.39. The van der Waals surface area contributed by atoms with E-state index in [1.54, 1.807) is 23.5 Å². The Balaban J connectivity index is 2.04. The minimum Gasteiger partial charge on any atom is -0.478 e. The molecule has 2 aliphatic rings. The second-order valence-electron chi connectivity index (χ2n) is 3.57. The highest BCUT2D eigenvalue weighted by atomic mass is 33.1. The summed E-state index contributed by atoms with van der Waals surface area (Å²) in [6, 6.07) is 0. The van der Waals surface area contributed by atoms with E-state index in [1.165, 1.54) is 21.6 Å². The third-order valence-corrected chi connectivity index (χ3v) is 7.45. The summed E-state index contributed by atoms with van der Waals surface area (Å²) < 4.78 is 0. The molecule has 0 bridgehead atoms. The quantitative estimate of drug-likeness (QED) is 0.748. The summed E-state index contributed by atoms with van der Waals surface area (Å²) in [5.74, 6) is 0.771. The number of hydrogen-bond acceptors (Lipinski definition) is 6. The minimum absolute atomic E-state index is 0.459. The van der Waals surface area contributed by atoms with Gasteiger partial charge in [0.25, 0.3) is 0 Å². The van der Waals surface area contributed by atoms with Gasteiger partial charge in [0.15, 0.2) is 0 Å². The first-order valence-corrected chi connectivity index (χ1v) is 9.46. The maximum Gasteiger partial charge on any atom is 0.333 e. The Morgan fingerprint density at radius 2 is 1.22 bits per heavy atom. The van der Waals surface area contributed by atoms with Crippen LogP contribution in [0.15, 0.2) is 21.0 Å². The molecule has 8 heteroatoms. The van der Waals surface area contributed by atoms with E-state index in [1.807, 2.05) is 0 Å². The highest BCUT2D eigenvalue weighted by Crippen LogP contribution is 2.46. The number of thioether (sulfide) groups is 2. The smallest absolute Gasteiger partial charge is 0.333 e. The first-order chi connectivity index (χ1) is 8.59. The molecule has 0 atom stereocenters. The van der Waals surface area contributed by atoms with Crippen LogP contribution >= 0.6 is 45.1 Å². The Labute approximate surface area is 120 Å². The molecule has 0 spiro atoms. The van der Waals surface area contributed by atoms with Gasteiger partial charge in [-0.05, 0) is 0 Å². The molecule has 0 fully saturated rings. The zero-order chi connectivity index (χ0) is 13.1. The standard InChI is InChI=1S/C10H10O4S4/c11-9(12)5-1-15-3-7(5)17-18-8-4-16-2-6(8)10(13)14/h1-4H2,(H,11,12)(H,13,14). The molecule has 4 nitrogen and oxygen atoms in total. The highest BCUT2D eigenvalue weighted by Gasteiger charge is 2.25. The van der Waals surface area contributed by atoms with Crippen molar-refractivity contribution in [3.63, 3.8) is 0 Å². The van der Waals surface area contributed by atoms with Gasteiger partial charge in [-0.25, -0.2) is 9.59 Å². The van der Waals surface area contributed by atoms with Gasteiger partial charge >= 0.3 is 11.9 Å². The molecule has 0 radical (unpaired) electrons. The fourth-order valence-corrected chi connectivity index (χ4v) is 7.23. The second-order valence-corrected chi connectivity index (χ2v) is 7.86. The number of hydrogen-bond donors (Lipinski definition) is 2. The van der Waals surface area contributed by atoms with E-state index >= 15 is 0 Å². The van der Waals surface area contributed by atoms with Crippen molar-refractivity contribution in [2.45, 2.75) is 0 Å². The SMILES string of the molecule is O=C(O)C1=C(SSC2=C(C(=O)O)CSC2)CSC1. The van der Waals surface area contributed by atoms with Crippen LogP contribution in [0, 0.1) is 0 Å². The lowest BCUT2D eigenvalue weighted by Gasteiger charge is -2.04. The number of rotatable bonds is 5. The normalized spacial score (nSPS) is 19.8. The van der Waals surface area contributed by atoms with Gasteiger partial charge in [-0.1, -0.05) is 21.6 Å². The van der Waals surface area contributed by atoms with Crippen LogP contribution in [0.25, 0.3) is 0 Å². The molecule has 0 aromatic carbocycles. The molecule has 0 aromatic rings. The van der Waals surface area contributed by atoms with Crippen LogP contribution in [0.3, 0.4) is 0 Å². The zero-order valence-electron chi connectivity index (χ0n) is 9.17. The van der Waals surface area contributed by atoms with Crippen LogP contribution < -0.4 is 0 Å². The largest absolute Gasteiger partial charge is 0.478 e. The molecule has 0 aliphatic carbocycles. The van der Waals surface area contributed by atoms with Gasteiger partial charge in [0, 0.05) is 32.8 Å². The molecular weight excluding hydrogens is 312 g/mol. The van der Waals surface area contributed by atoms with Crippen LogP contribution in [0.2, 0.25) is 0 Å². The third kappa shape index (κ3) is 3.23. The maximum absolute atomic E-state index is 11.0. The van der Waals surface area contributed by atoms with E-state index in [-0.39, 0.29) is 0 Å². The Morgan fingerprint density at radius 1 is 0.833 bits per heavy atom. The molecule has 2 N–H and O–H groups in total. The van der Waals surface area contributed by atoms with Gasteiger partial charge in [-0.15, -0.1) is 0 Å². The minimum atomic E-state index is -0.865. The molecule has 2 aliphatic heterocycles. The lowest BCUT2D eigenvalue weighted by Crippen LogP contribution is -2.02. The molecular formula is C10H10O4S4. The van der Waals surface area contributed by atoms with E-state index in [4.69, 9.17) is 10.2 Å². The summed E-state index contributed by atoms with van der Waals surface area (Å²) >= 11 is 3.16. The number of aliphatic carboxylic acids is 2. The van der Waals surface area contributed by atoms with Gasteiger partial charge < -0.3 is 10.2 Å². The van der Waals surface area contributed by atoms with Crippen LogP contribution in [0.4, 0.5) is 0 Å². The lowest BCUT2D eigenvalue weighted by atomic mass is 10.3. The zero-order valence-corrected chi connectivity index (χ0v) is 12.4. The van der Waals surface area contributed by atoms with E-state index in [0.29, 0.717) is 34.2 Å². The van der Waals surface area contributed by atoms with Gasteiger partial charge in [0.2, 0.25) is 0 Å². The van der Waals surface area contributed by atoms with Crippen molar-refractivity contribution < 1.29 is 19.8 Å². The predicted molar refractivity (Wildman–Crippen MR) is 79.2 cm³/mol. The van der Waals surface area contributed by atoms with Crippen LogP contribution in [-0.2, 0) is 9.59 Å². The van der Waals surface area contributed by atoms with Crippen molar-refractivity contribution in [3.8, 4) is 0 Å². The summed E-state index contributed by atoms with van der Waals surface area (Å²) in [6.45, 7) is 0. The van der Waals surface area contributed by atoms with E-state index in [0.717, 1.165) is 9.81 Å². The fourth-order valence-electron chi connectivity index (χ4n) is 1.44. The summed E-state index contributed by atoms with van der Waals surface area (Å²) in [7, 11) is 2.80. The van der Waals surface area contributed by atoms with E-state index in [2.05, 4.69) is 0 Å². The summed E-state index contributed by atoms with van der Waals surface area (Å²) in [6.07, 6.45) is 0. The highest BCUT2D eigenvalue weighted by molar-refractivity contribution is 8.79. The van der Waals surface area contributed by atoms with E-state index < -0.39 is 11.9 Å². The van der Waals surface area contributed by atoms with Crippen molar-refractivity contribution in [1.29, 1.82) is 0 Å².